The number of ether oxygens (including phenoxy) is 3. The normalized spacial score (nSPS) is 16.3. The summed E-state index contributed by atoms with van der Waals surface area (Å²) in [5, 5.41) is 6.16. The highest BCUT2D eigenvalue weighted by Crippen LogP contribution is 2.32. The molecule has 8 nitrogen and oxygen atoms in total. The zero-order valence-corrected chi connectivity index (χ0v) is 17.9. The van der Waals surface area contributed by atoms with Gasteiger partial charge in [-0.15, -0.1) is 0 Å². The first-order valence-electron chi connectivity index (χ1n) is 10.5. The fourth-order valence-electron chi connectivity index (χ4n) is 3.41. The summed E-state index contributed by atoms with van der Waals surface area (Å²) < 4.78 is 16.1. The van der Waals surface area contributed by atoms with E-state index >= 15 is 0 Å². The quantitative estimate of drug-likeness (QED) is 0.567. The third-order valence-corrected chi connectivity index (χ3v) is 5.43. The number of anilines is 1. The molecule has 31 heavy (non-hydrogen) atoms. The van der Waals surface area contributed by atoms with Crippen molar-refractivity contribution in [2.24, 2.45) is 4.99 Å². The zero-order valence-electron chi connectivity index (χ0n) is 17.9. The number of rotatable bonds is 5. The average Bonchev–Trinajstić information content (AvgIpc) is 3.25. The Hall–Kier alpha value is -3.10. The third-order valence-electron chi connectivity index (χ3n) is 5.43. The van der Waals surface area contributed by atoms with E-state index in [2.05, 4.69) is 34.4 Å². The molecule has 4 rings (SSSR count). The van der Waals surface area contributed by atoms with Crippen LogP contribution in [0.4, 0.5) is 5.69 Å². The van der Waals surface area contributed by atoms with Gasteiger partial charge in [0.1, 0.15) is 0 Å². The molecule has 1 fully saturated rings. The van der Waals surface area contributed by atoms with Crippen molar-refractivity contribution < 1.29 is 19.0 Å². The van der Waals surface area contributed by atoms with Gasteiger partial charge in [-0.1, -0.05) is 6.07 Å². The minimum atomic E-state index is -0.264. The SMILES string of the molecule is Cc1ccc(NC(=NCCN2CCOCC2)NC(=O)c2ccc3c(c2)OCO3)cc1C. The Morgan fingerprint density at radius 2 is 1.84 bits per heavy atom. The Morgan fingerprint density at radius 1 is 1.03 bits per heavy atom. The smallest absolute Gasteiger partial charge is 0.258 e. The van der Waals surface area contributed by atoms with Crippen molar-refractivity contribution in [2.45, 2.75) is 13.8 Å². The standard InChI is InChI=1S/C23H28N4O4/c1-16-3-5-19(13-17(16)2)25-23(24-7-8-27-9-11-29-12-10-27)26-22(28)18-4-6-20-21(14-18)31-15-30-20/h3-6,13-14H,7-12,15H2,1-2H3,(H2,24,25,26,28). The molecule has 0 aromatic heterocycles. The molecule has 2 aliphatic rings. The number of hydrogen-bond acceptors (Lipinski definition) is 6. The number of nitrogens with zero attached hydrogens (tertiary/aromatic N) is 2. The van der Waals surface area contributed by atoms with Gasteiger partial charge in [-0.3, -0.25) is 20.0 Å². The van der Waals surface area contributed by atoms with Crippen LogP contribution in [-0.4, -0.2) is 63.0 Å². The largest absolute Gasteiger partial charge is 0.454 e. The number of hydrogen-bond donors (Lipinski definition) is 2. The predicted octanol–water partition coefficient (Wildman–Crippen LogP) is 2.56. The molecule has 2 N–H and O–H groups in total. The first-order valence-corrected chi connectivity index (χ1v) is 10.5. The molecule has 2 aromatic rings. The lowest BCUT2D eigenvalue weighted by Crippen LogP contribution is -2.39. The van der Waals surface area contributed by atoms with Crippen molar-refractivity contribution >= 4 is 17.6 Å². The maximum Gasteiger partial charge on any atom is 0.258 e. The first-order chi connectivity index (χ1) is 15.1. The number of benzene rings is 2. The molecule has 2 aliphatic heterocycles. The minimum Gasteiger partial charge on any atom is -0.454 e. The van der Waals surface area contributed by atoms with E-state index in [9.17, 15) is 4.79 Å². The second kappa shape index (κ2) is 9.80. The lowest BCUT2D eigenvalue weighted by atomic mass is 10.1. The Morgan fingerprint density at radius 3 is 2.65 bits per heavy atom. The fraction of sp³-hybridized carbons (Fsp3) is 0.391. The number of amides is 1. The molecular weight excluding hydrogens is 396 g/mol. The number of aryl methyl sites for hydroxylation is 2. The molecule has 2 heterocycles. The molecule has 0 atom stereocenters. The van der Waals surface area contributed by atoms with E-state index < -0.39 is 0 Å². The molecule has 164 valence electrons. The summed E-state index contributed by atoms with van der Waals surface area (Å²) in [6.45, 7) is 8.96. The number of carbonyl (C=O) groups excluding carboxylic acids is 1. The Bertz CT molecular complexity index is 970. The Balaban J connectivity index is 1.46. The van der Waals surface area contributed by atoms with Gasteiger partial charge in [-0.25, -0.2) is 0 Å². The van der Waals surface area contributed by atoms with Gasteiger partial charge in [0, 0.05) is 30.9 Å². The molecule has 0 bridgehead atoms. The molecule has 1 amide bonds. The lowest BCUT2D eigenvalue weighted by Gasteiger charge is -2.25. The van der Waals surface area contributed by atoms with E-state index in [1.54, 1.807) is 18.2 Å². The maximum absolute atomic E-state index is 12.9. The number of nitrogens with one attached hydrogen (secondary N) is 2. The van der Waals surface area contributed by atoms with Crippen molar-refractivity contribution in [3.05, 3.63) is 53.1 Å². The average molecular weight is 425 g/mol. The van der Waals surface area contributed by atoms with E-state index in [0.717, 1.165) is 38.5 Å². The van der Waals surface area contributed by atoms with Gasteiger partial charge in [0.05, 0.1) is 19.8 Å². The molecule has 0 spiro atoms. The van der Waals surface area contributed by atoms with Crippen LogP contribution >= 0.6 is 0 Å². The number of morpholine rings is 1. The van der Waals surface area contributed by atoms with Crippen LogP contribution in [0, 0.1) is 13.8 Å². The van der Waals surface area contributed by atoms with Crippen molar-refractivity contribution in [3.63, 3.8) is 0 Å². The van der Waals surface area contributed by atoms with Crippen molar-refractivity contribution in [1.82, 2.24) is 10.2 Å². The van der Waals surface area contributed by atoms with Gasteiger partial charge in [0.25, 0.3) is 5.91 Å². The topological polar surface area (TPSA) is 84.4 Å². The monoisotopic (exact) mass is 424 g/mol. The molecular formula is C23H28N4O4. The molecule has 2 aromatic carbocycles. The Labute approximate surface area is 182 Å². The summed E-state index contributed by atoms with van der Waals surface area (Å²) in [5.41, 5.74) is 3.73. The number of carbonyl (C=O) groups is 1. The van der Waals surface area contributed by atoms with Gasteiger partial charge >= 0.3 is 0 Å². The van der Waals surface area contributed by atoms with E-state index in [-0.39, 0.29) is 12.7 Å². The minimum absolute atomic E-state index is 0.170. The Kier molecular flexibility index (Phi) is 6.69. The molecule has 0 saturated carbocycles. The summed E-state index contributed by atoms with van der Waals surface area (Å²) in [7, 11) is 0. The van der Waals surface area contributed by atoms with Crippen LogP contribution in [0.5, 0.6) is 11.5 Å². The van der Waals surface area contributed by atoms with E-state index in [4.69, 9.17) is 14.2 Å². The van der Waals surface area contributed by atoms with Gasteiger partial charge in [-0.05, 0) is 55.3 Å². The summed E-state index contributed by atoms with van der Waals surface area (Å²) in [5.74, 6) is 1.36. The van der Waals surface area contributed by atoms with Crippen LogP contribution < -0.4 is 20.1 Å². The molecule has 0 unspecified atom stereocenters. The second-order valence-electron chi connectivity index (χ2n) is 7.63. The van der Waals surface area contributed by atoms with Crippen molar-refractivity contribution in [3.8, 4) is 11.5 Å². The molecule has 0 radical (unpaired) electrons. The van der Waals surface area contributed by atoms with E-state index in [1.165, 1.54) is 11.1 Å². The summed E-state index contributed by atoms with van der Waals surface area (Å²) in [4.78, 5) is 19.8. The second-order valence-corrected chi connectivity index (χ2v) is 7.63. The number of fused-ring (bicyclic) bond motifs is 1. The van der Waals surface area contributed by atoms with Gasteiger partial charge in [-0.2, -0.15) is 0 Å². The third kappa shape index (κ3) is 5.53. The zero-order chi connectivity index (χ0) is 21.6. The number of guanidine groups is 1. The highest BCUT2D eigenvalue weighted by atomic mass is 16.7. The van der Waals surface area contributed by atoms with Crippen LogP contribution in [0.25, 0.3) is 0 Å². The van der Waals surface area contributed by atoms with Crippen LogP contribution in [-0.2, 0) is 4.74 Å². The fourth-order valence-corrected chi connectivity index (χ4v) is 3.41. The summed E-state index contributed by atoms with van der Waals surface area (Å²) in [6.07, 6.45) is 0. The first kappa shape index (κ1) is 21.1. The van der Waals surface area contributed by atoms with E-state index in [1.807, 2.05) is 18.2 Å². The highest BCUT2D eigenvalue weighted by Gasteiger charge is 2.17. The molecule has 1 saturated heterocycles. The number of aliphatic imine (C=N–C) groups is 1. The highest BCUT2D eigenvalue weighted by molar-refractivity contribution is 6.10. The molecule has 8 heteroatoms. The summed E-state index contributed by atoms with van der Waals surface area (Å²) in [6, 6.07) is 11.2. The lowest BCUT2D eigenvalue weighted by molar-refractivity contribution is 0.0394. The van der Waals surface area contributed by atoms with Crippen LogP contribution in [0.3, 0.4) is 0 Å². The van der Waals surface area contributed by atoms with Crippen molar-refractivity contribution in [2.75, 3.05) is 51.5 Å². The van der Waals surface area contributed by atoms with Crippen LogP contribution in [0.2, 0.25) is 0 Å². The predicted molar refractivity (Wildman–Crippen MR) is 119 cm³/mol. The van der Waals surface area contributed by atoms with Gasteiger partial charge in [0.2, 0.25) is 12.8 Å². The van der Waals surface area contributed by atoms with Crippen LogP contribution in [0.1, 0.15) is 21.5 Å². The summed E-state index contributed by atoms with van der Waals surface area (Å²) >= 11 is 0. The van der Waals surface area contributed by atoms with Crippen molar-refractivity contribution in [1.29, 1.82) is 0 Å². The van der Waals surface area contributed by atoms with Crippen LogP contribution in [0.15, 0.2) is 41.4 Å². The van der Waals surface area contributed by atoms with E-state index in [0.29, 0.717) is 29.6 Å². The molecule has 0 aliphatic carbocycles. The maximum atomic E-state index is 12.9. The van der Waals surface area contributed by atoms with Gasteiger partial charge in [0.15, 0.2) is 11.5 Å². The van der Waals surface area contributed by atoms with Gasteiger partial charge < -0.3 is 19.5 Å².